The number of hydrogen-bond acceptors (Lipinski definition) is 6. The summed E-state index contributed by atoms with van der Waals surface area (Å²) in [6.07, 6.45) is 9.17. The quantitative estimate of drug-likeness (QED) is 0.410. The predicted octanol–water partition coefficient (Wildman–Crippen LogP) is 4.21. The molecule has 1 atom stereocenters. The van der Waals surface area contributed by atoms with Crippen molar-refractivity contribution in [2.45, 2.75) is 68.4 Å². The van der Waals surface area contributed by atoms with Crippen molar-refractivity contribution in [2.24, 2.45) is 0 Å². The average molecular weight is 472 g/mol. The third-order valence-electron chi connectivity index (χ3n) is 5.71. The highest BCUT2D eigenvalue weighted by molar-refractivity contribution is 8.00. The van der Waals surface area contributed by atoms with Crippen LogP contribution in [0.15, 0.2) is 46.6 Å². The Balaban J connectivity index is 1.67. The van der Waals surface area contributed by atoms with Crippen LogP contribution in [0.2, 0.25) is 5.02 Å². The predicted molar refractivity (Wildman–Crippen MR) is 127 cm³/mol. The van der Waals surface area contributed by atoms with Crippen LogP contribution in [0.5, 0.6) is 0 Å². The van der Waals surface area contributed by atoms with E-state index in [1.54, 1.807) is 10.6 Å². The molecule has 168 valence electrons. The van der Waals surface area contributed by atoms with Crippen LogP contribution >= 0.6 is 23.4 Å². The molecular weight excluding hydrogens is 446 g/mol. The molecule has 2 heterocycles. The second kappa shape index (κ2) is 10.4. The minimum atomic E-state index is -0.365. The van der Waals surface area contributed by atoms with Gasteiger partial charge in [-0.2, -0.15) is 0 Å². The molecular formula is C23H26ClN5O2S. The molecule has 2 aromatic heterocycles. The first kappa shape index (κ1) is 22.7. The number of benzene rings is 1. The van der Waals surface area contributed by atoms with Crippen molar-refractivity contribution in [3.8, 4) is 0 Å². The number of aromatic nitrogens is 4. The van der Waals surface area contributed by atoms with E-state index in [0.717, 1.165) is 31.2 Å². The van der Waals surface area contributed by atoms with Crippen LogP contribution in [0.4, 0.5) is 0 Å². The van der Waals surface area contributed by atoms with Crippen molar-refractivity contribution in [1.29, 1.82) is 0 Å². The first-order valence-electron chi connectivity index (χ1n) is 11.0. The smallest absolute Gasteiger partial charge is 0.282 e. The normalized spacial score (nSPS) is 15.6. The van der Waals surface area contributed by atoms with Gasteiger partial charge >= 0.3 is 0 Å². The van der Waals surface area contributed by atoms with E-state index in [1.807, 2.05) is 25.1 Å². The highest BCUT2D eigenvalue weighted by Crippen LogP contribution is 2.27. The molecule has 7 nitrogen and oxygen atoms in total. The van der Waals surface area contributed by atoms with Gasteiger partial charge in [-0.3, -0.25) is 14.2 Å². The van der Waals surface area contributed by atoms with E-state index in [4.69, 9.17) is 11.6 Å². The number of halogens is 1. The summed E-state index contributed by atoms with van der Waals surface area (Å²) in [5.74, 6) is -0.0119. The lowest BCUT2D eigenvalue weighted by molar-refractivity contribution is -0.121. The topological polar surface area (TPSA) is 89.8 Å². The number of hydrogen-bond donors (Lipinski definition) is 1. The van der Waals surface area contributed by atoms with Crippen LogP contribution in [-0.2, 0) is 11.3 Å². The largest absolute Gasteiger partial charge is 0.352 e. The van der Waals surface area contributed by atoms with Gasteiger partial charge in [0.2, 0.25) is 5.91 Å². The van der Waals surface area contributed by atoms with Crippen molar-refractivity contribution in [1.82, 2.24) is 24.8 Å². The standard InChI is InChI=1S/C23H26ClN5O2S/c1-2-18(21(30)27-16-9-4-3-5-10-16)32-23-28-20-19(25-12-13-26-20)22(31)29(23)14-15-8-6-7-11-17(15)24/h6-8,11-13,16,18H,2-5,9-10,14H2,1H3,(H,27,30)/t18-/m1/s1. The molecule has 1 fully saturated rings. The summed E-state index contributed by atoms with van der Waals surface area (Å²) in [5.41, 5.74) is 0.970. The molecule has 0 unspecified atom stereocenters. The van der Waals surface area contributed by atoms with Gasteiger partial charge in [-0.05, 0) is 30.9 Å². The first-order valence-corrected chi connectivity index (χ1v) is 12.2. The van der Waals surface area contributed by atoms with E-state index >= 15 is 0 Å². The summed E-state index contributed by atoms with van der Waals surface area (Å²) in [7, 11) is 0. The third kappa shape index (κ3) is 5.13. The van der Waals surface area contributed by atoms with Gasteiger partial charge in [0.25, 0.3) is 5.56 Å². The second-order valence-electron chi connectivity index (χ2n) is 7.96. The van der Waals surface area contributed by atoms with Gasteiger partial charge < -0.3 is 5.32 Å². The Hall–Kier alpha value is -2.45. The van der Waals surface area contributed by atoms with Gasteiger partial charge in [-0.15, -0.1) is 0 Å². The summed E-state index contributed by atoms with van der Waals surface area (Å²) in [5, 5.41) is 3.84. The van der Waals surface area contributed by atoms with Crippen LogP contribution in [0.3, 0.4) is 0 Å². The fraction of sp³-hybridized carbons (Fsp3) is 0.435. The molecule has 9 heteroatoms. The first-order chi connectivity index (χ1) is 15.6. The van der Waals surface area contributed by atoms with E-state index in [9.17, 15) is 9.59 Å². The zero-order valence-corrected chi connectivity index (χ0v) is 19.5. The van der Waals surface area contributed by atoms with Crippen molar-refractivity contribution >= 4 is 40.4 Å². The molecule has 0 saturated heterocycles. The van der Waals surface area contributed by atoms with Crippen LogP contribution in [0, 0.1) is 0 Å². The van der Waals surface area contributed by atoms with Crippen LogP contribution in [-0.4, -0.2) is 36.7 Å². The zero-order valence-electron chi connectivity index (χ0n) is 18.0. The number of thioether (sulfide) groups is 1. The Labute approximate surface area is 196 Å². The SMILES string of the molecule is CC[C@@H](Sc1nc2nccnc2c(=O)n1Cc1ccccc1Cl)C(=O)NC1CCCCC1. The summed E-state index contributed by atoms with van der Waals surface area (Å²) in [4.78, 5) is 39.3. The van der Waals surface area contributed by atoms with Gasteiger partial charge in [0.05, 0.1) is 11.8 Å². The number of nitrogens with one attached hydrogen (secondary N) is 1. The molecule has 0 radical (unpaired) electrons. The van der Waals surface area contributed by atoms with Crippen LogP contribution < -0.4 is 10.9 Å². The summed E-state index contributed by atoms with van der Waals surface area (Å²) < 4.78 is 1.54. The van der Waals surface area contributed by atoms with E-state index in [-0.39, 0.29) is 40.5 Å². The molecule has 3 aromatic rings. The molecule has 32 heavy (non-hydrogen) atoms. The van der Waals surface area contributed by atoms with Gasteiger partial charge in [-0.25, -0.2) is 15.0 Å². The molecule has 1 saturated carbocycles. The maximum atomic E-state index is 13.3. The van der Waals surface area contributed by atoms with Crippen LogP contribution in [0.25, 0.3) is 11.2 Å². The number of carbonyl (C=O) groups excluding carboxylic acids is 1. The fourth-order valence-electron chi connectivity index (χ4n) is 3.95. The van der Waals surface area contributed by atoms with Gasteiger partial charge in [0.15, 0.2) is 16.3 Å². The molecule has 1 aliphatic carbocycles. The molecule has 1 aliphatic rings. The summed E-state index contributed by atoms with van der Waals surface area (Å²) in [6, 6.07) is 7.61. The maximum Gasteiger partial charge on any atom is 0.282 e. The molecule has 1 amide bonds. The Morgan fingerprint density at radius 1 is 1.22 bits per heavy atom. The number of rotatable bonds is 7. The minimum Gasteiger partial charge on any atom is -0.352 e. The van der Waals surface area contributed by atoms with Crippen molar-refractivity contribution in [3.63, 3.8) is 0 Å². The van der Waals surface area contributed by atoms with Gasteiger partial charge in [0.1, 0.15) is 0 Å². The third-order valence-corrected chi connectivity index (χ3v) is 7.43. The number of amides is 1. The van der Waals surface area contributed by atoms with Crippen molar-refractivity contribution in [3.05, 3.63) is 57.6 Å². The second-order valence-corrected chi connectivity index (χ2v) is 9.54. The summed E-state index contributed by atoms with van der Waals surface area (Å²) >= 11 is 7.65. The number of carbonyl (C=O) groups is 1. The van der Waals surface area contributed by atoms with Crippen molar-refractivity contribution < 1.29 is 4.79 Å². The number of nitrogens with zero attached hydrogens (tertiary/aromatic N) is 4. The van der Waals surface area contributed by atoms with Gasteiger partial charge in [-0.1, -0.05) is 67.7 Å². The Bertz CT molecular complexity index is 1160. The van der Waals surface area contributed by atoms with E-state index in [1.165, 1.54) is 30.6 Å². The van der Waals surface area contributed by atoms with Crippen LogP contribution in [0.1, 0.15) is 51.0 Å². The van der Waals surface area contributed by atoms with Gasteiger partial charge in [0, 0.05) is 23.5 Å². The Morgan fingerprint density at radius 2 is 1.97 bits per heavy atom. The lowest BCUT2D eigenvalue weighted by Crippen LogP contribution is -2.41. The highest BCUT2D eigenvalue weighted by atomic mass is 35.5. The fourth-order valence-corrected chi connectivity index (χ4v) is 5.15. The molecule has 0 spiro atoms. The zero-order chi connectivity index (χ0) is 22.5. The minimum absolute atomic E-state index is 0.0119. The van der Waals surface area contributed by atoms with E-state index in [0.29, 0.717) is 16.6 Å². The van der Waals surface area contributed by atoms with Crippen molar-refractivity contribution in [2.75, 3.05) is 0 Å². The Morgan fingerprint density at radius 3 is 2.72 bits per heavy atom. The lowest BCUT2D eigenvalue weighted by Gasteiger charge is -2.25. The Kier molecular flexibility index (Phi) is 7.42. The molecule has 1 aromatic carbocycles. The molecule has 0 bridgehead atoms. The molecule has 1 N–H and O–H groups in total. The molecule has 4 rings (SSSR count). The van der Waals surface area contributed by atoms with E-state index in [2.05, 4.69) is 20.3 Å². The number of fused-ring (bicyclic) bond motifs is 1. The highest BCUT2D eigenvalue weighted by Gasteiger charge is 2.25. The van der Waals surface area contributed by atoms with E-state index < -0.39 is 0 Å². The lowest BCUT2D eigenvalue weighted by atomic mass is 9.95. The summed E-state index contributed by atoms with van der Waals surface area (Å²) in [6.45, 7) is 2.20. The maximum absolute atomic E-state index is 13.3. The average Bonchev–Trinajstić information content (AvgIpc) is 2.81. The molecule has 0 aliphatic heterocycles. The monoisotopic (exact) mass is 471 g/mol.